The maximum atomic E-state index is 13.6. The van der Waals surface area contributed by atoms with Gasteiger partial charge in [-0.1, -0.05) is 35.0 Å². The number of carbonyl (C=O) groups is 1. The van der Waals surface area contributed by atoms with Crippen molar-refractivity contribution in [1.82, 2.24) is 15.0 Å². The van der Waals surface area contributed by atoms with Gasteiger partial charge in [0.05, 0.1) is 10.7 Å². The highest BCUT2D eigenvalue weighted by molar-refractivity contribution is 6.33. The van der Waals surface area contributed by atoms with Crippen LogP contribution in [0, 0.1) is 11.8 Å². The summed E-state index contributed by atoms with van der Waals surface area (Å²) in [4.78, 5) is 33.2. The Balaban J connectivity index is 1.38. The molecule has 1 fully saturated rings. The van der Waals surface area contributed by atoms with Gasteiger partial charge in [0.2, 0.25) is 0 Å². The lowest BCUT2D eigenvalue weighted by atomic mass is 9.99. The van der Waals surface area contributed by atoms with Gasteiger partial charge in [0.25, 0.3) is 11.6 Å². The van der Waals surface area contributed by atoms with E-state index in [-0.39, 0.29) is 5.91 Å². The third kappa shape index (κ3) is 3.90. The molecular weight excluding hydrogens is 454 g/mol. The van der Waals surface area contributed by atoms with Crippen LogP contribution in [0.2, 0.25) is 5.02 Å². The van der Waals surface area contributed by atoms with Crippen molar-refractivity contribution in [3.63, 3.8) is 0 Å². The zero-order valence-corrected chi connectivity index (χ0v) is 19.6. The highest BCUT2D eigenvalue weighted by atomic mass is 35.5. The highest BCUT2D eigenvalue weighted by Crippen LogP contribution is 2.33. The van der Waals surface area contributed by atoms with Crippen LogP contribution >= 0.6 is 11.6 Å². The number of amides is 1. The molecule has 0 spiro atoms. The number of hydrogen-bond acceptors (Lipinski definition) is 6. The van der Waals surface area contributed by atoms with E-state index in [0.29, 0.717) is 53.9 Å². The fraction of sp³-hybridized carbons (Fsp3) is 0.240. The molecule has 0 bridgehead atoms. The predicted octanol–water partition coefficient (Wildman–Crippen LogP) is 4.85. The van der Waals surface area contributed by atoms with Gasteiger partial charge in [-0.15, -0.1) is 0 Å². The van der Waals surface area contributed by atoms with E-state index in [2.05, 4.69) is 15.0 Å². The Morgan fingerprint density at radius 3 is 2.65 bits per heavy atom. The minimum absolute atomic E-state index is 0.103. The number of nitroso groups, excluding NO2 is 1. The first-order valence-corrected chi connectivity index (χ1v) is 11.4. The van der Waals surface area contributed by atoms with Crippen LogP contribution in [0.3, 0.4) is 0 Å². The second kappa shape index (κ2) is 8.87. The minimum Gasteiger partial charge on any atom is -0.367 e. The molecule has 1 aliphatic heterocycles. The predicted molar refractivity (Wildman–Crippen MR) is 131 cm³/mol. The molecular formula is C25H23ClN5O3+. The molecule has 0 atom stereocenters. The molecule has 9 heteroatoms. The van der Waals surface area contributed by atoms with Crippen molar-refractivity contribution in [1.29, 1.82) is 0 Å². The summed E-state index contributed by atoms with van der Waals surface area (Å²) in [5, 5.41) is 6.70. The number of fused-ring (bicyclic) bond motifs is 1. The second-order valence-corrected chi connectivity index (χ2v) is 8.68. The number of rotatable bonds is 4. The maximum absolute atomic E-state index is 13.6. The molecule has 5 rings (SSSR count). The van der Waals surface area contributed by atoms with Crippen molar-refractivity contribution in [3.05, 3.63) is 76.1 Å². The average Bonchev–Trinajstić information content (AvgIpc) is 3.24. The Bertz CT molecular complexity index is 1400. The third-order valence-electron chi connectivity index (χ3n) is 6.21. The highest BCUT2D eigenvalue weighted by Gasteiger charge is 2.30. The van der Waals surface area contributed by atoms with Crippen molar-refractivity contribution in [2.24, 2.45) is 0 Å². The van der Waals surface area contributed by atoms with Gasteiger partial charge in [0, 0.05) is 71.3 Å². The summed E-state index contributed by atoms with van der Waals surface area (Å²) in [6, 6.07) is 13.0. The quantitative estimate of drug-likeness (QED) is 0.391. The lowest BCUT2D eigenvalue weighted by Gasteiger charge is -2.36. The number of hydrogen-bond donors (Lipinski definition) is 0. The zero-order valence-electron chi connectivity index (χ0n) is 18.9. The molecule has 4 aromatic rings. The van der Waals surface area contributed by atoms with Crippen LogP contribution in [-0.2, 0) is 0 Å². The summed E-state index contributed by atoms with van der Waals surface area (Å²) in [5.74, 6) is 0.391. The van der Waals surface area contributed by atoms with Crippen LogP contribution in [0.5, 0.6) is 0 Å². The molecule has 1 saturated heterocycles. The Kier molecular flexibility index (Phi) is 5.75. The number of nitrogens with zero attached hydrogens (tertiary/aromatic N) is 5. The molecule has 0 saturated carbocycles. The smallest absolute Gasteiger partial charge is 0.259 e. The van der Waals surface area contributed by atoms with E-state index >= 15 is 0 Å². The van der Waals surface area contributed by atoms with Crippen LogP contribution in [0.25, 0.3) is 22.0 Å². The van der Waals surface area contributed by atoms with Gasteiger partial charge in [-0.2, -0.15) is 0 Å². The topological polar surface area (TPSA) is 82.6 Å². The lowest BCUT2D eigenvalue weighted by molar-refractivity contribution is -0.428. The fourth-order valence-electron chi connectivity index (χ4n) is 4.39. The molecule has 0 radical (unpaired) electrons. The SMILES string of the molecule is Cc1onc(-c2cccc3cnccc23)c1C(=O)N1CCN(c2ccc([N+](C)=O)cc2Cl)CC1. The van der Waals surface area contributed by atoms with Gasteiger partial charge in [-0.3, -0.25) is 9.78 Å². The van der Waals surface area contributed by atoms with Crippen LogP contribution < -0.4 is 4.90 Å². The average molecular weight is 477 g/mol. The van der Waals surface area contributed by atoms with E-state index in [4.69, 9.17) is 16.1 Å². The van der Waals surface area contributed by atoms with E-state index < -0.39 is 0 Å². The number of benzene rings is 2. The molecule has 1 amide bonds. The van der Waals surface area contributed by atoms with Crippen molar-refractivity contribution in [2.45, 2.75) is 6.92 Å². The summed E-state index contributed by atoms with van der Waals surface area (Å²) in [6.45, 7) is 4.07. The Morgan fingerprint density at radius 1 is 1.12 bits per heavy atom. The first-order chi connectivity index (χ1) is 16.4. The number of anilines is 1. The number of piperazine rings is 1. The minimum atomic E-state index is -0.103. The Hall–Kier alpha value is -3.78. The molecule has 34 heavy (non-hydrogen) atoms. The molecule has 2 aromatic heterocycles. The fourth-order valence-corrected chi connectivity index (χ4v) is 4.69. The van der Waals surface area contributed by atoms with Crippen molar-refractivity contribution in [2.75, 3.05) is 38.1 Å². The first kappa shape index (κ1) is 22.0. The molecule has 0 unspecified atom stereocenters. The largest absolute Gasteiger partial charge is 0.367 e. The Labute approximate surface area is 201 Å². The van der Waals surface area contributed by atoms with Crippen LogP contribution in [-0.4, -0.2) is 58.9 Å². The molecule has 3 heterocycles. The van der Waals surface area contributed by atoms with Gasteiger partial charge in [0.15, 0.2) is 7.05 Å². The van der Waals surface area contributed by atoms with Crippen LogP contribution in [0.15, 0.2) is 59.4 Å². The number of halogens is 1. The molecule has 2 aromatic carbocycles. The summed E-state index contributed by atoms with van der Waals surface area (Å²) < 4.78 is 6.25. The molecule has 0 N–H and O–H groups in total. The van der Waals surface area contributed by atoms with Crippen molar-refractivity contribution < 1.29 is 14.1 Å². The number of aromatic nitrogens is 2. The van der Waals surface area contributed by atoms with Crippen molar-refractivity contribution >= 4 is 39.7 Å². The summed E-state index contributed by atoms with van der Waals surface area (Å²) in [7, 11) is 1.44. The van der Waals surface area contributed by atoms with Gasteiger partial charge in [-0.05, 0) is 24.4 Å². The molecule has 8 nitrogen and oxygen atoms in total. The number of aryl methyl sites for hydroxylation is 1. The van der Waals surface area contributed by atoms with E-state index in [1.54, 1.807) is 31.5 Å². The number of carbonyl (C=O) groups excluding carboxylic acids is 1. The number of pyridine rings is 1. The Morgan fingerprint density at radius 2 is 1.91 bits per heavy atom. The molecule has 1 aliphatic rings. The van der Waals surface area contributed by atoms with E-state index in [1.165, 1.54) is 7.05 Å². The van der Waals surface area contributed by atoms with Gasteiger partial charge in [0.1, 0.15) is 17.0 Å². The zero-order chi connectivity index (χ0) is 23.8. The summed E-state index contributed by atoms with van der Waals surface area (Å²) in [5.41, 5.74) is 3.22. The third-order valence-corrected chi connectivity index (χ3v) is 6.52. The standard InChI is InChI=1S/C25H23ClN5O3/c1-16-23(24(28-34-16)20-5-3-4-17-15-27-9-8-19(17)20)25(32)31-12-10-30(11-13-31)22-7-6-18(29(2)33)14-21(22)26/h3-9,14-15H,10-13H2,1-2H3/q+1. The normalized spacial score (nSPS) is 14.0. The molecule has 0 aliphatic carbocycles. The van der Waals surface area contributed by atoms with Gasteiger partial charge < -0.3 is 14.3 Å². The first-order valence-electron chi connectivity index (χ1n) is 11.0. The van der Waals surface area contributed by atoms with E-state index in [1.807, 2.05) is 35.2 Å². The summed E-state index contributed by atoms with van der Waals surface area (Å²) in [6.07, 6.45) is 3.52. The van der Waals surface area contributed by atoms with Crippen LogP contribution in [0.4, 0.5) is 11.4 Å². The monoisotopic (exact) mass is 476 g/mol. The second-order valence-electron chi connectivity index (χ2n) is 8.28. The van der Waals surface area contributed by atoms with Crippen molar-refractivity contribution in [3.8, 4) is 11.3 Å². The maximum Gasteiger partial charge on any atom is 0.259 e. The van der Waals surface area contributed by atoms with Gasteiger partial charge in [-0.25, -0.2) is 0 Å². The van der Waals surface area contributed by atoms with E-state index in [0.717, 1.165) is 26.8 Å². The van der Waals surface area contributed by atoms with E-state index in [9.17, 15) is 9.70 Å². The van der Waals surface area contributed by atoms with Crippen LogP contribution in [0.1, 0.15) is 16.1 Å². The van der Waals surface area contributed by atoms with Gasteiger partial charge >= 0.3 is 0 Å². The molecule has 172 valence electrons. The lowest BCUT2D eigenvalue weighted by Crippen LogP contribution is -2.49. The summed E-state index contributed by atoms with van der Waals surface area (Å²) >= 11 is 6.43.